The molecule has 3 heterocycles. The first kappa shape index (κ1) is 15.7. The molecule has 2 fully saturated rings. The van der Waals surface area contributed by atoms with Crippen molar-refractivity contribution in [3.63, 3.8) is 0 Å². The number of halogens is 1. The highest BCUT2D eigenvalue weighted by atomic mass is 35.5. The molecule has 3 aromatic rings. The van der Waals surface area contributed by atoms with Crippen LogP contribution in [0.25, 0.3) is 11.0 Å². The van der Waals surface area contributed by atoms with Gasteiger partial charge in [0.25, 0.3) is 0 Å². The SMILES string of the molecule is O=C1[C@@H]2C[C@@H](CN2Cc2cccc3nccnc23)N1c1ccccc1Cl. The highest BCUT2D eigenvalue weighted by Crippen LogP contribution is 2.39. The van der Waals surface area contributed by atoms with Crippen LogP contribution in [0.1, 0.15) is 12.0 Å². The Kier molecular flexibility index (Phi) is 3.65. The third-order valence-electron chi connectivity index (χ3n) is 5.34. The molecule has 0 N–H and O–H groups in total. The van der Waals surface area contributed by atoms with Crippen LogP contribution in [0.2, 0.25) is 5.02 Å². The van der Waals surface area contributed by atoms with Crippen molar-refractivity contribution in [1.29, 1.82) is 0 Å². The number of para-hydroxylation sites is 2. The van der Waals surface area contributed by atoms with Crippen LogP contribution in [0.4, 0.5) is 5.69 Å². The Morgan fingerprint density at radius 1 is 1.08 bits per heavy atom. The maximum atomic E-state index is 13.0. The second-order valence-electron chi connectivity index (χ2n) is 6.84. The second kappa shape index (κ2) is 6.04. The number of likely N-dealkylation sites (tertiary alicyclic amines) is 1. The number of amides is 1. The summed E-state index contributed by atoms with van der Waals surface area (Å²) in [6.45, 7) is 1.55. The quantitative estimate of drug-likeness (QED) is 0.715. The Morgan fingerprint density at radius 2 is 1.92 bits per heavy atom. The average Bonchev–Trinajstić information content (AvgIpc) is 3.20. The molecule has 2 bridgehead atoms. The lowest BCUT2D eigenvalue weighted by Gasteiger charge is -2.34. The Balaban J connectivity index is 1.42. The summed E-state index contributed by atoms with van der Waals surface area (Å²) in [5.41, 5.74) is 3.73. The number of benzene rings is 2. The third-order valence-corrected chi connectivity index (χ3v) is 5.66. The van der Waals surface area contributed by atoms with E-state index >= 15 is 0 Å². The number of fused-ring (bicyclic) bond motifs is 3. The van der Waals surface area contributed by atoms with Crippen molar-refractivity contribution in [2.24, 2.45) is 0 Å². The maximum Gasteiger partial charge on any atom is 0.244 e. The normalized spacial score (nSPS) is 22.5. The lowest BCUT2D eigenvalue weighted by Crippen LogP contribution is -2.50. The monoisotopic (exact) mass is 364 g/mol. The van der Waals surface area contributed by atoms with Crippen molar-refractivity contribution >= 4 is 34.2 Å². The number of aromatic nitrogens is 2. The molecule has 2 aliphatic rings. The van der Waals surface area contributed by atoms with Crippen LogP contribution in [-0.2, 0) is 11.3 Å². The van der Waals surface area contributed by atoms with Crippen LogP contribution in [0.15, 0.2) is 54.9 Å². The van der Waals surface area contributed by atoms with E-state index in [-0.39, 0.29) is 18.0 Å². The van der Waals surface area contributed by atoms with Crippen LogP contribution in [0, 0.1) is 0 Å². The summed E-state index contributed by atoms with van der Waals surface area (Å²) in [5, 5.41) is 0.629. The fourth-order valence-corrected chi connectivity index (χ4v) is 4.43. The highest BCUT2D eigenvalue weighted by Gasteiger charge is 2.50. The number of nitrogens with zero attached hydrogens (tertiary/aromatic N) is 4. The number of carbonyl (C=O) groups is 1. The van der Waals surface area contributed by atoms with Crippen LogP contribution in [0.5, 0.6) is 0 Å². The van der Waals surface area contributed by atoms with Gasteiger partial charge in [-0.3, -0.25) is 19.7 Å². The van der Waals surface area contributed by atoms with Gasteiger partial charge in [-0.05, 0) is 30.2 Å². The Hall–Kier alpha value is -2.50. The zero-order chi connectivity index (χ0) is 17.7. The van der Waals surface area contributed by atoms with Gasteiger partial charge in [-0.1, -0.05) is 35.9 Å². The first-order valence-electron chi connectivity index (χ1n) is 8.72. The average molecular weight is 365 g/mol. The van der Waals surface area contributed by atoms with Crippen molar-refractivity contribution < 1.29 is 4.79 Å². The molecule has 2 aromatic carbocycles. The van der Waals surface area contributed by atoms with E-state index in [9.17, 15) is 4.79 Å². The first-order chi connectivity index (χ1) is 12.7. The van der Waals surface area contributed by atoms with E-state index in [0.717, 1.165) is 35.2 Å². The molecule has 5 nitrogen and oxygen atoms in total. The van der Waals surface area contributed by atoms with Crippen molar-refractivity contribution in [1.82, 2.24) is 14.9 Å². The van der Waals surface area contributed by atoms with Gasteiger partial charge in [0.15, 0.2) is 0 Å². The first-order valence-corrected chi connectivity index (χ1v) is 9.10. The molecule has 0 saturated carbocycles. The molecule has 1 amide bonds. The number of anilines is 1. The van der Waals surface area contributed by atoms with Gasteiger partial charge >= 0.3 is 0 Å². The van der Waals surface area contributed by atoms with Gasteiger partial charge in [-0.25, -0.2) is 0 Å². The highest BCUT2D eigenvalue weighted by molar-refractivity contribution is 6.34. The van der Waals surface area contributed by atoms with E-state index in [0.29, 0.717) is 11.6 Å². The van der Waals surface area contributed by atoms with E-state index in [1.54, 1.807) is 12.4 Å². The molecule has 0 aliphatic carbocycles. The smallest absolute Gasteiger partial charge is 0.244 e. The van der Waals surface area contributed by atoms with Gasteiger partial charge in [-0.2, -0.15) is 0 Å². The largest absolute Gasteiger partial charge is 0.305 e. The number of hydrogen-bond acceptors (Lipinski definition) is 4. The van der Waals surface area contributed by atoms with Crippen LogP contribution in [-0.4, -0.2) is 39.4 Å². The molecule has 0 radical (unpaired) electrons. The number of piperazine rings is 1. The minimum Gasteiger partial charge on any atom is -0.305 e. The lowest BCUT2D eigenvalue weighted by molar-refractivity contribution is -0.122. The standard InChI is InChI=1S/C20H17ClN4O/c21-15-5-1-2-7-17(15)25-14-10-18(20(25)26)24(12-14)11-13-4-3-6-16-19(13)23-9-8-22-16/h1-9,14,18H,10-12H2/t14-,18-/m0/s1. The molecule has 6 heteroatoms. The Bertz CT molecular complexity index is 1000. The number of rotatable bonds is 3. The Morgan fingerprint density at radius 3 is 2.77 bits per heavy atom. The summed E-state index contributed by atoms with van der Waals surface area (Å²) < 4.78 is 0. The van der Waals surface area contributed by atoms with Gasteiger partial charge in [0.05, 0.1) is 33.8 Å². The molecule has 5 rings (SSSR count). The summed E-state index contributed by atoms with van der Waals surface area (Å²) in [5.74, 6) is 0.140. The summed E-state index contributed by atoms with van der Waals surface area (Å²) in [4.78, 5) is 26.0. The Labute approximate surface area is 156 Å². The topological polar surface area (TPSA) is 49.3 Å². The van der Waals surface area contributed by atoms with Crippen molar-refractivity contribution in [2.75, 3.05) is 11.4 Å². The van der Waals surface area contributed by atoms with Gasteiger partial charge in [0.1, 0.15) is 0 Å². The second-order valence-corrected chi connectivity index (χ2v) is 7.24. The molecular formula is C20H17ClN4O. The summed E-state index contributed by atoms with van der Waals surface area (Å²) >= 11 is 6.32. The maximum absolute atomic E-state index is 13.0. The van der Waals surface area contributed by atoms with Gasteiger partial charge in [0.2, 0.25) is 5.91 Å². The zero-order valence-electron chi connectivity index (χ0n) is 14.0. The fraction of sp³-hybridized carbons (Fsp3) is 0.250. The lowest BCUT2D eigenvalue weighted by atomic mass is 10.1. The van der Waals surface area contributed by atoms with Crippen LogP contribution in [0.3, 0.4) is 0 Å². The zero-order valence-corrected chi connectivity index (χ0v) is 14.8. The molecule has 26 heavy (non-hydrogen) atoms. The van der Waals surface area contributed by atoms with Gasteiger partial charge in [0, 0.05) is 25.5 Å². The summed E-state index contributed by atoms with van der Waals surface area (Å²) in [7, 11) is 0. The molecule has 2 saturated heterocycles. The molecular weight excluding hydrogens is 348 g/mol. The van der Waals surface area contributed by atoms with Crippen LogP contribution < -0.4 is 4.90 Å². The summed E-state index contributed by atoms with van der Waals surface area (Å²) in [6.07, 6.45) is 4.27. The predicted molar refractivity (Wildman–Crippen MR) is 101 cm³/mol. The molecule has 0 unspecified atom stereocenters. The number of hydrogen-bond donors (Lipinski definition) is 0. The van der Waals surface area contributed by atoms with Gasteiger partial charge < -0.3 is 4.90 Å². The van der Waals surface area contributed by atoms with Gasteiger partial charge in [-0.15, -0.1) is 0 Å². The van der Waals surface area contributed by atoms with Crippen molar-refractivity contribution in [2.45, 2.75) is 25.0 Å². The number of carbonyl (C=O) groups excluding carboxylic acids is 1. The molecule has 130 valence electrons. The molecule has 2 aliphatic heterocycles. The van der Waals surface area contributed by atoms with Crippen molar-refractivity contribution in [3.8, 4) is 0 Å². The fourth-order valence-electron chi connectivity index (χ4n) is 4.20. The minimum atomic E-state index is -0.0943. The molecule has 2 atom stereocenters. The third kappa shape index (κ3) is 2.39. The van der Waals surface area contributed by atoms with Crippen molar-refractivity contribution in [3.05, 3.63) is 65.4 Å². The van der Waals surface area contributed by atoms with E-state index in [1.807, 2.05) is 41.3 Å². The summed E-state index contributed by atoms with van der Waals surface area (Å²) in [6, 6.07) is 13.7. The van der Waals surface area contributed by atoms with E-state index in [2.05, 4.69) is 20.9 Å². The van der Waals surface area contributed by atoms with E-state index in [4.69, 9.17) is 11.6 Å². The van der Waals surface area contributed by atoms with E-state index in [1.165, 1.54) is 0 Å². The van der Waals surface area contributed by atoms with Crippen LogP contribution >= 0.6 is 11.6 Å². The molecule has 0 spiro atoms. The van der Waals surface area contributed by atoms with E-state index < -0.39 is 0 Å². The molecule has 1 aromatic heterocycles. The predicted octanol–water partition coefficient (Wildman–Crippen LogP) is 3.27. The minimum absolute atomic E-state index is 0.0943.